The smallest absolute Gasteiger partial charge is 0.123 e. The Bertz CT molecular complexity index is 344. The quantitative estimate of drug-likeness (QED) is 0.624. The van der Waals surface area contributed by atoms with E-state index < -0.39 is 0 Å². The van der Waals surface area contributed by atoms with E-state index in [1.54, 1.807) is 6.07 Å². The highest BCUT2D eigenvalue weighted by Gasteiger charge is 2.35. The van der Waals surface area contributed by atoms with E-state index in [9.17, 15) is 4.39 Å². The lowest BCUT2D eigenvalue weighted by molar-refractivity contribution is -0.0435. The van der Waals surface area contributed by atoms with Gasteiger partial charge in [0, 0.05) is 0 Å². The van der Waals surface area contributed by atoms with Crippen molar-refractivity contribution < 1.29 is 9.13 Å². The molecule has 0 aliphatic carbocycles. The Balaban J connectivity index is 0.000000531. The summed E-state index contributed by atoms with van der Waals surface area (Å²) in [5, 5.41) is 0. The molecule has 1 atom stereocenters. The predicted octanol–water partition coefficient (Wildman–Crippen LogP) is 4.18. The first-order valence-corrected chi connectivity index (χ1v) is 5.48. The number of rotatable bonds is 0. The van der Waals surface area contributed by atoms with Gasteiger partial charge in [0.1, 0.15) is 5.82 Å². The summed E-state index contributed by atoms with van der Waals surface area (Å²) in [4.78, 5) is 0. The zero-order chi connectivity index (χ0) is 11.6. The lowest BCUT2D eigenvalue weighted by atomic mass is 9.95. The van der Waals surface area contributed by atoms with Crippen molar-refractivity contribution in [2.45, 2.75) is 46.3 Å². The third-order valence-corrected chi connectivity index (χ3v) is 2.57. The molecule has 0 saturated carbocycles. The number of hydrogen-bond donors (Lipinski definition) is 0. The molecule has 1 unspecified atom stereocenters. The molecule has 1 aliphatic heterocycles. The van der Waals surface area contributed by atoms with E-state index in [4.69, 9.17) is 4.74 Å². The molecule has 0 N–H and O–H groups in total. The highest BCUT2D eigenvalue weighted by atomic mass is 19.1. The first kappa shape index (κ1) is 12.2. The lowest BCUT2D eigenvalue weighted by Crippen LogP contribution is -2.15. The Kier molecular flexibility index (Phi) is 3.50. The molecule has 2 rings (SSSR count). The molecule has 0 fully saturated rings. The molecule has 1 aromatic carbocycles. The number of ether oxygens (including phenoxy) is 1. The molecule has 0 aromatic heterocycles. The second kappa shape index (κ2) is 4.31. The number of benzene rings is 1. The van der Waals surface area contributed by atoms with Gasteiger partial charge in [0.05, 0.1) is 11.7 Å². The van der Waals surface area contributed by atoms with Crippen LogP contribution in [0.4, 0.5) is 4.39 Å². The third kappa shape index (κ3) is 2.20. The van der Waals surface area contributed by atoms with Crippen molar-refractivity contribution in [1.29, 1.82) is 0 Å². The van der Waals surface area contributed by atoms with E-state index in [0.717, 1.165) is 11.1 Å². The van der Waals surface area contributed by atoms with Crippen LogP contribution in [0, 0.1) is 5.82 Å². The van der Waals surface area contributed by atoms with Crippen LogP contribution in [0.1, 0.15) is 51.8 Å². The standard InChI is InChI=1S/C11H13FO.C2H6/c1-7-9-5-4-8(12)6-10(9)11(2,3)13-7;1-2/h4-7H,1-3H3;1-2H3. The largest absolute Gasteiger partial charge is 0.363 e. The second-order valence-corrected chi connectivity index (χ2v) is 4.00. The van der Waals surface area contributed by atoms with Gasteiger partial charge in [-0.2, -0.15) is 0 Å². The van der Waals surface area contributed by atoms with Gasteiger partial charge in [0.2, 0.25) is 0 Å². The van der Waals surface area contributed by atoms with Crippen LogP contribution >= 0.6 is 0 Å². The van der Waals surface area contributed by atoms with Crippen LogP contribution in [-0.2, 0) is 10.3 Å². The van der Waals surface area contributed by atoms with Gasteiger partial charge in [-0.15, -0.1) is 0 Å². The van der Waals surface area contributed by atoms with Gasteiger partial charge in [-0.05, 0) is 44.0 Å². The highest BCUT2D eigenvalue weighted by molar-refractivity contribution is 5.37. The van der Waals surface area contributed by atoms with Gasteiger partial charge < -0.3 is 4.74 Å². The number of halogens is 1. The topological polar surface area (TPSA) is 9.23 Å². The maximum Gasteiger partial charge on any atom is 0.123 e. The molecule has 1 heterocycles. The third-order valence-electron chi connectivity index (χ3n) is 2.57. The Labute approximate surface area is 91.3 Å². The van der Waals surface area contributed by atoms with Crippen LogP contribution in [0.25, 0.3) is 0 Å². The normalized spacial score (nSPS) is 21.6. The summed E-state index contributed by atoms with van der Waals surface area (Å²) in [5.41, 5.74) is 1.73. The van der Waals surface area contributed by atoms with E-state index in [-0.39, 0.29) is 17.5 Å². The second-order valence-electron chi connectivity index (χ2n) is 4.00. The molecule has 2 heteroatoms. The molecule has 0 bridgehead atoms. The average molecular weight is 210 g/mol. The van der Waals surface area contributed by atoms with Crippen molar-refractivity contribution in [2.75, 3.05) is 0 Å². The Morgan fingerprint density at radius 3 is 2.47 bits per heavy atom. The van der Waals surface area contributed by atoms with E-state index in [2.05, 4.69) is 0 Å². The van der Waals surface area contributed by atoms with Gasteiger partial charge >= 0.3 is 0 Å². The van der Waals surface area contributed by atoms with E-state index >= 15 is 0 Å². The Morgan fingerprint density at radius 1 is 1.27 bits per heavy atom. The molecule has 0 radical (unpaired) electrons. The van der Waals surface area contributed by atoms with Crippen molar-refractivity contribution in [2.24, 2.45) is 0 Å². The summed E-state index contributed by atoms with van der Waals surface area (Å²) >= 11 is 0. The van der Waals surface area contributed by atoms with Crippen LogP contribution < -0.4 is 0 Å². The van der Waals surface area contributed by atoms with Crippen LogP contribution in [0.15, 0.2) is 18.2 Å². The zero-order valence-electron chi connectivity index (χ0n) is 10.1. The Morgan fingerprint density at radius 2 is 1.87 bits per heavy atom. The van der Waals surface area contributed by atoms with Crippen LogP contribution in [0.3, 0.4) is 0 Å². The van der Waals surface area contributed by atoms with Gasteiger partial charge in [-0.1, -0.05) is 19.9 Å². The fourth-order valence-corrected chi connectivity index (χ4v) is 1.97. The van der Waals surface area contributed by atoms with Crippen molar-refractivity contribution in [3.63, 3.8) is 0 Å². The maximum absolute atomic E-state index is 13.0. The fourth-order valence-electron chi connectivity index (χ4n) is 1.97. The fraction of sp³-hybridized carbons (Fsp3) is 0.538. The van der Waals surface area contributed by atoms with E-state index in [0.29, 0.717) is 0 Å². The number of fused-ring (bicyclic) bond motifs is 1. The minimum atomic E-state index is -0.350. The van der Waals surface area contributed by atoms with Gasteiger partial charge in [0.25, 0.3) is 0 Å². The average Bonchev–Trinajstić information content (AvgIpc) is 2.40. The van der Waals surface area contributed by atoms with Crippen LogP contribution in [0.2, 0.25) is 0 Å². The minimum absolute atomic E-state index is 0.0746. The summed E-state index contributed by atoms with van der Waals surface area (Å²) in [6.45, 7) is 9.93. The molecule has 1 nitrogen and oxygen atoms in total. The molecule has 15 heavy (non-hydrogen) atoms. The summed E-state index contributed by atoms with van der Waals surface area (Å²) in [5.74, 6) is -0.190. The Hall–Kier alpha value is -0.890. The lowest BCUT2D eigenvalue weighted by Gasteiger charge is -2.19. The van der Waals surface area contributed by atoms with Crippen LogP contribution in [-0.4, -0.2) is 0 Å². The minimum Gasteiger partial charge on any atom is -0.363 e. The summed E-state index contributed by atoms with van der Waals surface area (Å²) in [6, 6.07) is 4.86. The summed E-state index contributed by atoms with van der Waals surface area (Å²) in [6.07, 6.45) is 0.0746. The summed E-state index contributed by atoms with van der Waals surface area (Å²) in [7, 11) is 0. The number of hydrogen-bond acceptors (Lipinski definition) is 1. The molecule has 0 spiro atoms. The SMILES string of the molecule is CC.CC1OC(C)(C)c2cc(F)ccc21. The van der Waals surface area contributed by atoms with E-state index in [1.807, 2.05) is 40.7 Å². The molecule has 1 aromatic rings. The first-order chi connectivity index (χ1) is 7.00. The zero-order valence-corrected chi connectivity index (χ0v) is 10.1. The van der Waals surface area contributed by atoms with Crippen LogP contribution in [0.5, 0.6) is 0 Å². The van der Waals surface area contributed by atoms with Crippen molar-refractivity contribution in [1.82, 2.24) is 0 Å². The maximum atomic E-state index is 13.0. The molecule has 84 valence electrons. The molecule has 1 aliphatic rings. The van der Waals surface area contributed by atoms with Gasteiger partial charge in [-0.3, -0.25) is 0 Å². The monoisotopic (exact) mass is 210 g/mol. The molecule has 0 amide bonds. The van der Waals surface area contributed by atoms with Gasteiger partial charge in [0.15, 0.2) is 0 Å². The highest BCUT2D eigenvalue weighted by Crippen LogP contribution is 2.42. The first-order valence-electron chi connectivity index (χ1n) is 5.48. The van der Waals surface area contributed by atoms with E-state index in [1.165, 1.54) is 6.07 Å². The molecular weight excluding hydrogens is 191 g/mol. The summed E-state index contributed by atoms with van der Waals surface area (Å²) < 4.78 is 18.7. The van der Waals surface area contributed by atoms with Crippen molar-refractivity contribution >= 4 is 0 Å². The van der Waals surface area contributed by atoms with Crippen molar-refractivity contribution in [3.05, 3.63) is 35.1 Å². The van der Waals surface area contributed by atoms with Gasteiger partial charge in [-0.25, -0.2) is 4.39 Å². The molecular formula is C13H19FO. The predicted molar refractivity (Wildman–Crippen MR) is 60.3 cm³/mol. The van der Waals surface area contributed by atoms with Crippen molar-refractivity contribution in [3.8, 4) is 0 Å². The molecule has 0 saturated heterocycles.